The second-order valence-corrected chi connectivity index (χ2v) is 10.2. The van der Waals surface area contributed by atoms with E-state index in [1.54, 1.807) is 0 Å². The first-order valence-corrected chi connectivity index (χ1v) is 14.0. The van der Waals surface area contributed by atoms with Crippen molar-refractivity contribution in [1.82, 2.24) is 29.5 Å². The Morgan fingerprint density at radius 2 is 1.67 bits per heavy atom. The summed E-state index contributed by atoms with van der Waals surface area (Å²) in [6.45, 7) is 1.98. The molecule has 0 spiro atoms. The number of phosphoric acid groups is 1. The molecule has 214 valence electrons. The van der Waals surface area contributed by atoms with Gasteiger partial charge in [0.25, 0.3) is 0 Å². The van der Waals surface area contributed by atoms with Crippen molar-refractivity contribution >= 4 is 7.82 Å². The van der Waals surface area contributed by atoms with Crippen LogP contribution in [0.15, 0.2) is 43.5 Å². The van der Waals surface area contributed by atoms with Gasteiger partial charge >= 0.3 is 7.82 Å². The summed E-state index contributed by atoms with van der Waals surface area (Å²) in [5, 5.41) is 27.2. The Morgan fingerprint density at radius 1 is 1.05 bits per heavy atom. The molecule has 0 radical (unpaired) electrons. The molecule has 0 aliphatic rings. The fourth-order valence-corrected chi connectivity index (χ4v) is 4.50. The molecule has 12 nitrogen and oxygen atoms in total. The van der Waals surface area contributed by atoms with E-state index in [0.29, 0.717) is 12.8 Å². The van der Waals surface area contributed by atoms with Crippen LogP contribution in [-0.4, -0.2) is 50.5 Å². The maximum atomic E-state index is 14.1. The number of nitriles is 1. The topological polar surface area (TPSA) is 172 Å². The standard InChI is InChI=1S/C13H12F2N6O.C11H22NO4P/c14-10-1-2-11(12(15)3-10)13(22,4-20-8-16-6-18-20)5-21-9-17-7-19-21;1-2-3-4-5-6-8-11(9-7-10-12)16-17(13,14)15/h1-3,6-9,22H,4-5H2;11H,2-9H2,1H3,(H2,13,14,15). The van der Waals surface area contributed by atoms with E-state index in [9.17, 15) is 18.5 Å². The second kappa shape index (κ2) is 16.1. The highest BCUT2D eigenvalue weighted by molar-refractivity contribution is 7.46. The van der Waals surface area contributed by atoms with Gasteiger partial charge < -0.3 is 14.9 Å². The van der Waals surface area contributed by atoms with Gasteiger partial charge in [0.05, 0.1) is 25.3 Å². The molecule has 3 aromatic rings. The number of rotatable bonds is 15. The summed E-state index contributed by atoms with van der Waals surface area (Å²) in [6.07, 6.45) is 11.6. The fraction of sp³-hybridized carbons (Fsp3) is 0.542. The quantitative estimate of drug-likeness (QED) is 0.180. The third-order valence-electron chi connectivity index (χ3n) is 5.71. The molecule has 2 aromatic heterocycles. The molecule has 1 aromatic carbocycles. The van der Waals surface area contributed by atoms with E-state index in [-0.39, 0.29) is 25.1 Å². The molecule has 0 fully saturated rings. The third kappa shape index (κ3) is 12.1. The molecular formula is C24H34F2N7O5P. The van der Waals surface area contributed by atoms with Crippen molar-refractivity contribution in [2.45, 2.75) is 83.1 Å². The van der Waals surface area contributed by atoms with Crippen LogP contribution >= 0.6 is 7.82 Å². The fourth-order valence-electron chi connectivity index (χ4n) is 3.90. The lowest BCUT2D eigenvalue weighted by Crippen LogP contribution is -2.37. The van der Waals surface area contributed by atoms with E-state index in [2.05, 4.69) is 31.6 Å². The molecule has 0 aliphatic carbocycles. The van der Waals surface area contributed by atoms with Crippen molar-refractivity contribution in [1.29, 1.82) is 5.26 Å². The maximum absolute atomic E-state index is 14.1. The van der Waals surface area contributed by atoms with Gasteiger partial charge in [-0.15, -0.1) is 0 Å². The van der Waals surface area contributed by atoms with Crippen LogP contribution in [0.25, 0.3) is 0 Å². The molecule has 0 aliphatic heterocycles. The minimum atomic E-state index is -4.43. The number of phosphoric ester groups is 1. The number of aliphatic hydroxyl groups is 1. The van der Waals surface area contributed by atoms with E-state index in [0.717, 1.165) is 37.8 Å². The minimum absolute atomic E-state index is 0.0556. The molecule has 0 saturated heterocycles. The van der Waals surface area contributed by atoms with Crippen LogP contribution in [0.4, 0.5) is 8.78 Å². The Labute approximate surface area is 225 Å². The van der Waals surface area contributed by atoms with Crippen molar-refractivity contribution in [2.75, 3.05) is 0 Å². The van der Waals surface area contributed by atoms with Crippen LogP contribution in [0.3, 0.4) is 0 Å². The first-order valence-electron chi connectivity index (χ1n) is 12.5. The van der Waals surface area contributed by atoms with Gasteiger partial charge in [-0.25, -0.2) is 32.7 Å². The molecule has 1 atom stereocenters. The number of hydrogen-bond acceptors (Lipinski definition) is 8. The van der Waals surface area contributed by atoms with E-state index in [4.69, 9.17) is 15.0 Å². The molecule has 15 heteroatoms. The van der Waals surface area contributed by atoms with E-state index >= 15 is 0 Å². The average molecular weight is 570 g/mol. The number of halogens is 2. The predicted octanol–water partition coefficient (Wildman–Crippen LogP) is 3.86. The second-order valence-electron chi connectivity index (χ2n) is 8.96. The highest BCUT2D eigenvalue weighted by Gasteiger charge is 2.34. The Morgan fingerprint density at radius 3 is 2.15 bits per heavy atom. The summed E-state index contributed by atoms with van der Waals surface area (Å²) >= 11 is 0. The Bertz CT molecular complexity index is 1150. The van der Waals surface area contributed by atoms with Crippen LogP contribution < -0.4 is 0 Å². The largest absolute Gasteiger partial charge is 0.469 e. The van der Waals surface area contributed by atoms with Gasteiger partial charge in [-0.3, -0.25) is 4.52 Å². The SMILES string of the molecule is CCCCCCCC(CCC#N)OP(=O)(O)O.OC(Cn1cncn1)(Cn1cncn1)c1ccc(F)cc1F. The number of benzene rings is 1. The molecule has 3 rings (SSSR count). The van der Waals surface area contributed by atoms with Crippen molar-refractivity contribution < 1.29 is 32.8 Å². The van der Waals surface area contributed by atoms with E-state index in [1.165, 1.54) is 47.2 Å². The van der Waals surface area contributed by atoms with Crippen molar-refractivity contribution in [3.8, 4) is 6.07 Å². The molecule has 39 heavy (non-hydrogen) atoms. The van der Waals surface area contributed by atoms with Gasteiger partial charge in [0.2, 0.25) is 0 Å². The summed E-state index contributed by atoms with van der Waals surface area (Å²) < 4.78 is 45.3. The van der Waals surface area contributed by atoms with Crippen molar-refractivity contribution in [3.63, 3.8) is 0 Å². The molecule has 0 saturated carbocycles. The molecule has 0 amide bonds. The lowest BCUT2D eigenvalue weighted by atomic mass is 9.93. The number of aromatic nitrogens is 6. The Kier molecular flexibility index (Phi) is 13.3. The highest BCUT2D eigenvalue weighted by atomic mass is 31.2. The molecule has 2 heterocycles. The molecular weight excluding hydrogens is 535 g/mol. The zero-order valence-electron chi connectivity index (χ0n) is 21.7. The summed E-state index contributed by atoms with van der Waals surface area (Å²) in [5.74, 6) is -1.56. The van der Waals surface area contributed by atoms with Crippen molar-refractivity contribution in [2.24, 2.45) is 0 Å². The van der Waals surface area contributed by atoms with Crippen LogP contribution in [-0.2, 0) is 27.8 Å². The Balaban J connectivity index is 0.000000285. The smallest absolute Gasteiger partial charge is 0.381 e. The van der Waals surface area contributed by atoms with Gasteiger partial charge in [0.15, 0.2) is 0 Å². The first kappa shape index (κ1) is 32.1. The first-order chi connectivity index (χ1) is 18.6. The average Bonchev–Trinajstić information content (AvgIpc) is 3.56. The molecule has 0 bridgehead atoms. The van der Waals surface area contributed by atoms with E-state index in [1.807, 2.05) is 6.07 Å². The molecule has 1 unspecified atom stereocenters. The molecule has 3 N–H and O–H groups in total. The van der Waals surface area contributed by atoms with Gasteiger partial charge in [-0.05, 0) is 18.9 Å². The lowest BCUT2D eigenvalue weighted by Gasteiger charge is -2.28. The van der Waals surface area contributed by atoms with Gasteiger partial charge in [0.1, 0.15) is 42.5 Å². The minimum Gasteiger partial charge on any atom is -0.381 e. The van der Waals surface area contributed by atoms with Gasteiger partial charge in [0, 0.05) is 18.1 Å². The number of hydrogen-bond donors (Lipinski definition) is 3. The van der Waals surface area contributed by atoms with Gasteiger partial charge in [-0.2, -0.15) is 15.5 Å². The zero-order chi connectivity index (χ0) is 28.7. The van der Waals surface area contributed by atoms with Crippen LogP contribution in [0.2, 0.25) is 0 Å². The summed E-state index contributed by atoms with van der Waals surface area (Å²) in [6, 6.07) is 4.98. The lowest BCUT2D eigenvalue weighted by molar-refractivity contribution is -0.00856. The maximum Gasteiger partial charge on any atom is 0.469 e. The van der Waals surface area contributed by atoms with Crippen LogP contribution in [0.1, 0.15) is 63.9 Å². The monoisotopic (exact) mass is 569 g/mol. The normalized spacial score (nSPS) is 12.4. The summed E-state index contributed by atoms with van der Waals surface area (Å²) in [7, 11) is -4.43. The van der Waals surface area contributed by atoms with Gasteiger partial charge in [-0.1, -0.05) is 45.1 Å². The number of unbranched alkanes of at least 4 members (excludes halogenated alkanes) is 4. The summed E-state index contributed by atoms with van der Waals surface area (Å²) in [4.78, 5) is 25.0. The van der Waals surface area contributed by atoms with E-state index < -0.39 is 31.2 Å². The predicted molar refractivity (Wildman–Crippen MR) is 135 cm³/mol. The van der Waals surface area contributed by atoms with Crippen LogP contribution in [0.5, 0.6) is 0 Å². The summed E-state index contributed by atoms with van der Waals surface area (Å²) in [5.41, 5.74) is -1.75. The van der Waals surface area contributed by atoms with Crippen molar-refractivity contribution in [3.05, 3.63) is 60.7 Å². The third-order valence-corrected chi connectivity index (χ3v) is 6.28. The Hall–Kier alpha value is -3.08. The highest BCUT2D eigenvalue weighted by Crippen LogP contribution is 2.39. The zero-order valence-corrected chi connectivity index (χ0v) is 22.6. The number of nitrogens with zero attached hydrogens (tertiary/aromatic N) is 7. The van der Waals surface area contributed by atoms with Crippen LogP contribution in [0, 0.1) is 23.0 Å².